The highest BCUT2D eigenvalue weighted by Crippen LogP contribution is 2.24. The SMILES string of the molecule is CC(=O)N1CCC[C@@H](C(=O)N2CC(Oc3cccc(C)c3)C2)C1. The van der Waals surface area contributed by atoms with E-state index in [1.54, 1.807) is 11.8 Å². The first-order valence-corrected chi connectivity index (χ1v) is 8.30. The smallest absolute Gasteiger partial charge is 0.227 e. The van der Waals surface area contributed by atoms with Crippen LogP contribution in [0.5, 0.6) is 5.75 Å². The van der Waals surface area contributed by atoms with Gasteiger partial charge in [0, 0.05) is 20.0 Å². The topological polar surface area (TPSA) is 49.9 Å². The Hall–Kier alpha value is -2.04. The molecule has 0 aromatic heterocycles. The fourth-order valence-corrected chi connectivity index (χ4v) is 3.30. The van der Waals surface area contributed by atoms with Crippen LogP contribution in [-0.2, 0) is 9.59 Å². The summed E-state index contributed by atoms with van der Waals surface area (Å²) in [7, 11) is 0. The molecule has 5 heteroatoms. The lowest BCUT2D eigenvalue weighted by atomic mass is 9.95. The lowest BCUT2D eigenvalue weighted by molar-refractivity contribution is -0.147. The van der Waals surface area contributed by atoms with Gasteiger partial charge in [0.15, 0.2) is 0 Å². The molecule has 2 amide bonds. The Morgan fingerprint density at radius 3 is 2.65 bits per heavy atom. The van der Waals surface area contributed by atoms with Gasteiger partial charge in [-0.25, -0.2) is 0 Å². The highest BCUT2D eigenvalue weighted by atomic mass is 16.5. The summed E-state index contributed by atoms with van der Waals surface area (Å²) in [5.74, 6) is 1.04. The molecule has 1 aromatic carbocycles. The number of hydrogen-bond donors (Lipinski definition) is 0. The number of carbonyl (C=O) groups excluding carboxylic acids is 2. The van der Waals surface area contributed by atoms with E-state index >= 15 is 0 Å². The number of nitrogens with zero attached hydrogens (tertiary/aromatic N) is 2. The molecule has 2 fully saturated rings. The summed E-state index contributed by atoms with van der Waals surface area (Å²) in [4.78, 5) is 27.7. The molecule has 2 heterocycles. The summed E-state index contributed by atoms with van der Waals surface area (Å²) >= 11 is 0. The van der Waals surface area contributed by atoms with Gasteiger partial charge in [-0.05, 0) is 37.5 Å². The predicted molar refractivity (Wildman–Crippen MR) is 87.2 cm³/mol. The standard InChI is InChI=1S/C18H24N2O3/c1-13-5-3-7-16(9-13)23-17-11-20(12-17)18(22)15-6-4-8-19(10-15)14(2)21/h3,5,7,9,15,17H,4,6,8,10-12H2,1-2H3/t15-/m1/s1. The summed E-state index contributed by atoms with van der Waals surface area (Å²) in [6.07, 6.45) is 1.86. The molecule has 2 saturated heterocycles. The van der Waals surface area contributed by atoms with Crippen LogP contribution in [-0.4, -0.2) is 53.9 Å². The second-order valence-corrected chi connectivity index (χ2v) is 6.60. The average Bonchev–Trinajstić information content (AvgIpc) is 2.50. The number of piperidine rings is 1. The molecule has 0 radical (unpaired) electrons. The zero-order valence-corrected chi connectivity index (χ0v) is 13.8. The first-order valence-electron chi connectivity index (χ1n) is 8.30. The summed E-state index contributed by atoms with van der Waals surface area (Å²) < 4.78 is 5.90. The molecule has 0 unspecified atom stereocenters. The molecule has 1 aromatic rings. The van der Waals surface area contributed by atoms with Gasteiger partial charge in [0.2, 0.25) is 11.8 Å². The molecular weight excluding hydrogens is 292 g/mol. The molecule has 1 atom stereocenters. The van der Waals surface area contributed by atoms with E-state index in [2.05, 4.69) is 0 Å². The van der Waals surface area contributed by atoms with Crippen LogP contribution in [0, 0.1) is 12.8 Å². The second-order valence-electron chi connectivity index (χ2n) is 6.60. The Kier molecular flexibility index (Phi) is 4.55. The zero-order valence-electron chi connectivity index (χ0n) is 13.8. The van der Waals surface area contributed by atoms with Crippen LogP contribution >= 0.6 is 0 Å². The minimum atomic E-state index is -0.0485. The summed E-state index contributed by atoms with van der Waals surface area (Å²) in [5.41, 5.74) is 1.17. The number of likely N-dealkylation sites (tertiary alicyclic amines) is 2. The average molecular weight is 316 g/mol. The van der Waals surface area contributed by atoms with Crippen LogP contribution in [0.4, 0.5) is 0 Å². The third-order valence-corrected chi connectivity index (χ3v) is 4.67. The van der Waals surface area contributed by atoms with Gasteiger partial charge in [-0.1, -0.05) is 12.1 Å². The summed E-state index contributed by atoms with van der Waals surface area (Å²) in [6, 6.07) is 7.97. The molecule has 2 aliphatic heterocycles. The Morgan fingerprint density at radius 1 is 1.17 bits per heavy atom. The van der Waals surface area contributed by atoms with Crippen molar-refractivity contribution in [3.05, 3.63) is 29.8 Å². The van der Waals surface area contributed by atoms with Gasteiger partial charge in [-0.2, -0.15) is 0 Å². The number of aryl methyl sites for hydroxylation is 1. The van der Waals surface area contributed by atoms with Crippen molar-refractivity contribution in [1.82, 2.24) is 9.80 Å². The fourth-order valence-electron chi connectivity index (χ4n) is 3.30. The van der Waals surface area contributed by atoms with Crippen molar-refractivity contribution in [2.75, 3.05) is 26.2 Å². The molecule has 5 nitrogen and oxygen atoms in total. The molecule has 0 aliphatic carbocycles. The van der Waals surface area contributed by atoms with E-state index in [-0.39, 0.29) is 23.8 Å². The Bertz CT molecular complexity index is 596. The first-order chi connectivity index (χ1) is 11.0. The molecule has 23 heavy (non-hydrogen) atoms. The van der Waals surface area contributed by atoms with E-state index < -0.39 is 0 Å². The van der Waals surface area contributed by atoms with E-state index in [9.17, 15) is 9.59 Å². The van der Waals surface area contributed by atoms with E-state index in [1.165, 1.54) is 5.56 Å². The van der Waals surface area contributed by atoms with E-state index in [1.807, 2.05) is 36.1 Å². The van der Waals surface area contributed by atoms with Crippen molar-refractivity contribution < 1.29 is 14.3 Å². The first kappa shape index (κ1) is 15.8. The minimum absolute atomic E-state index is 0.0485. The zero-order chi connectivity index (χ0) is 16.4. The quantitative estimate of drug-likeness (QED) is 0.855. The van der Waals surface area contributed by atoms with Crippen molar-refractivity contribution >= 4 is 11.8 Å². The molecule has 3 rings (SSSR count). The maximum Gasteiger partial charge on any atom is 0.227 e. The van der Waals surface area contributed by atoms with E-state index in [0.717, 1.165) is 25.1 Å². The normalized spacial score (nSPS) is 21.7. The van der Waals surface area contributed by atoms with Crippen molar-refractivity contribution in [2.24, 2.45) is 5.92 Å². The van der Waals surface area contributed by atoms with Crippen molar-refractivity contribution in [3.63, 3.8) is 0 Å². The molecule has 2 aliphatic rings. The van der Waals surface area contributed by atoms with Crippen LogP contribution in [0.1, 0.15) is 25.3 Å². The number of hydrogen-bond acceptors (Lipinski definition) is 3. The van der Waals surface area contributed by atoms with Gasteiger partial charge in [-0.15, -0.1) is 0 Å². The lowest BCUT2D eigenvalue weighted by Crippen LogP contribution is -2.59. The highest BCUT2D eigenvalue weighted by Gasteiger charge is 2.37. The van der Waals surface area contributed by atoms with E-state index in [0.29, 0.717) is 19.6 Å². The third-order valence-electron chi connectivity index (χ3n) is 4.67. The predicted octanol–water partition coefficient (Wildman–Crippen LogP) is 1.84. The Morgan fingerprint density at radius 2 is 1.96 bits per heavy atom. The number of benzene rings is 1. The van der Waals surface area contributed by atoms with Gasteiger partial charge in [0.1, 0.15) is 11.9 Å². The van der Waals surface area contributed by atoms with Gasteiger partial charge in [0.05, 0.1) is 19.0 Å². The second kappa shape index (κ2) is 6.60. The fraction of sp³-hybridized carbons (Fsp3) is 0.556. The van der Waals surface area contributed by atoms with Crippen molar-refractivity contribution in [2.45, 2.75) is 32.8 Å². The van der Waals surface area contributed by atoms with Crippen LogP contribution in [0.3, 0.4) is 0 Å². The molecule has 0 saturated carbocycles. The van der Waals surface area contributed by atoms with Gasteiger partial charge < -0.3 is 14.5 Å². The Balaban J connectivity index is 1.49. The largest absolute Gasteiger partial charge is 0.487 e. The number of rotatable bonds is 3. The van der Waals surface area contributed by atoms with Gasteiger partial charge >= 0.3 is 0 Å². The van der Waals surface area contributed by atoms with Gasteiger partial charge in [-0.3, -0.25) is 9.59 Å². The van der Waals surface area contributed by atoms with Crippen molar-refractivity contribution in [3.8, 4) is 5.75 Å². The van der Waals surface area contributed by atoms with Crippen LogP contribution in [0.25, 0.3) is 0 Å². The maximum atomic E-state index is 12.5. The summed E-state index contributed by atoms with van der Waals surface area (Å²) in [6.45, 7) is 6.23. The Labute approximate surface area is 137 Å². The molecule has 0 spiro atoms. The third kappa shape index (κ3) is 3.66. The van der Waals surface area contributed by atoms with Gasteiger partial charge in [0.25, 0.3) is 0 Å². The molecule has 0 bridgehead atoms. The monoisotopic (exact) mass is 316 g/mol. The highest BCUT2D eigenvalue weighted by molar-refractivity contribution is 5.81. The van der Waals surface area contributed by atoms with Crippen LogP contribution < -0.4 is 4.74 Å². The lowest BCUT2D eigenvalue weighted by Gasteiger charge is -2.42. The molecule has 124 valence electrons. The van der Waals surface area contributed by atoms with Crippen LogP contribution in [0.15, 0.2) is 24.3 Å². The minimum Gasteiger partial charge on any atom is -0.487 e. The molecule has 0 N–H and O–H groups in total. The number of carbonyl (C=O) groups is 2. The maximum absolute atomic E-state index is 12.5. The molecular formula is C18H24N2O3. The van der Waals surface area contributed by atoms with Crippen LogP contribution in [0.2, 0.25) is 0 Å². The van der Waals surface area contributed by atoms with Crippen molar-refractivity contribution in [1.29, 1.82) is 0 Å². The summed E-state index contributed by atoms with van der Waals surface area (Å²) in [5, 5.41) is 0. The number of amides is 2. The van der Waals surface area contributed by atoms with E-state index in [4.69, 9.17) is 4.74 Å². The number of ether oxygens (including phenoxy) is 1.